The predicted molar refractivity (Wildman–Crippen MR) is 65.6 cm³/mol. The molecule has 7 heteroatoms. The monoisotopic (exact) mass is 253 g/mol. The van der Waals surface area contributed by atoms with Crippen molar-refractivity contribution in [2.24, 2.45) is 0 Å². The van der Waals surface area contributed by atoms with Gasteiger partial charge in [-0.2, -0.15) is 0 Å². The van der Waals surface area contributed by atoms with E-state index in [2.05, 4.69) is 10.3 Å². The third-order valence-corrected chi connectivity index (χ3v) is 1.96. The van der Waals surface area contributed by atoms with E-state index in [0.717, 1.165) is 0 Å². The summed E-state index contributed by atoms with van der Waals surface area (Å²) in [6.45, 7) is 5.07. The van der Waals surface area contributed by atoms with Crippen molar-refractivity contribution in [1.82, 2.24) is 4.98 Å². The summed E-state index contributed by atoms with van der Waals surface area (Å²) in [5, 5.41) is 13.6. The Balaban J connectivity index is 3.24. The number of nitrogens with zero attached hydrogens (tertiary/aromatic N) is 2. The summed E-state index contributed by atoms with van der Waals surface area (Å²) in [5.74, 6) is -0.712. The van der Waals surface area contributed by atoms with E-state index in [0.29, 0.717) is 0 Å². The Morgan fingerprint density at radius 2 is 2.11 bits per heavy atom. The highest BCUT2D eigenvalue weighted by Crippen LogP contribution is 2.27. The normalized spacial score (nSPS) is 10.9. The predicted octanol–water partition coefficient (Wildman–Crippen LogP) is 1.99. The van der Waals surface area contributed by atoms with Crippen LogP contribution in [-0.4, -0.2) is 28.5 Å². The first-order valence-corrected chi connectivity index (χ1v) is 5.30. The number of ether oxygens (including phenoxy) is 1. The average molecular weight is 253 g/mol. The molecule has 0 saturated heterocycles. The summed E-state index contributed by atoms with van der Waals surface area (Å²) in [6, 6.07) is 1.27. The van der Waals surface area contributed by atoms with Crippen LogP contribution >= 0.6 is 0 Å². The van der Waals surface area contributed by atoms with Crippen LogP contribution in [-0.2, 0) is 4.74 Å². The molecule has 0 aliphatic carbocycles. The van der Waals surface area contributed by atoms with Crippen molar-refractivity contribution in [3.63, 3.8) is 0 Å². The summed E-state index contributed by atoms with van der Waals surface area (Å²) in [6.07, 6.45) is 1.32. The maximum absolute atomic E-state index is 11.9. The van der Waals surface area contributed by atoms with Gasteiger partial charge in [0, 0.05) is 13.2 Å². The molecule has 0 bridgehead atoms. The molecule has 0 aliphatic heterocycles. The van der Waals surface area contributed by atoms with Crippen molar-refractivity contribution >= 4 is 17.5 Å². The van der Waals surface area contributed by atoms with E-state index in [1.165, 1.54) is 19.3 Å². The molecule has 0 atom stereocenters. The van der Waals surface area contributed by atoms with Crippen LogP contribution in [0.1, 0.15) is 31.1 Å². The number of aromatic nitrogens is 1. The second kappa shape index (κ2) is 4.99. The Kier molecular flexibility index (Phi) is 3.85. The lowest BCUT2D eigenvalue weighted by Gasteiger charge is -2.19. The number of esters is 1. The smallest absolute Gasteiger partial charge is 0.345 e. The minimum Gasteiger partial charge on any atom is -0.456 e. The quantitative estimate of drug-likeness (QED) is 0.503. The van der Waals surface area contributed by atoms with E-state index < -0.39 is 16.5 Å². The van der Waals surface area contributed by atoms with Crippen LogP contribution in [0.2, 0.25) is 0 Å². The zero-order valence-corrected chi connectivity index (χ0v) is 10.7. The van der Waals surface area contributed by atoms with Crippen LogP contribution in [0.25, 0.3) is 0 Å². The molecule has 0 amide bonds. The second-order valence-electron chi connectivity index (χ2n) is 4.56. The Bertz CT molecular complexity index is 480. The van der Waals surface area contributed by atoms with Crippen LogP contribution in [0, 0.1) is 10.1 Å². The van der Waals surface area contributed by atoms with E-state index in [1.807, 2.05) is 0 Å². The van der Waals surface area contributed by atoms with Crippen LogP contribution in [0.3, 0.4) is 0 Å². The summed E-state index contributed by atoms with van der Waals surface area (Å²) >= 11 is 0. The number of hydrogen-bond donors (Lipinski definition) is 1. The molecule has 1 heterocycles. The van der Waals surface area contributed by atoms with Gasteiger partial charge in [0.2, 0.25) is 5.82 Å². The van der Waals surface area contributed by atoms with Gasteiger partial charge in [-0.1, -0.05) is 0 Å². The molecule has 1 rings (SSSR count). The summed E-state index contributed by atoms with van der Waals surface area (Å²) in [5.41, 5.74) is -1.21. The van der Waals surface area contributed by atoms with Gasteiger partial charge in [0.15, 0.2) is 0 Å². The Hall–Kier alpha value is -2.18. The van der Waals surface area contributed by atoms with Crippen LogP contribution in [0.5, 0.6) is 0 Å². The average Bonchev–Trinajstić information content (AvgIpc) is 2.25. The molecule has 0 radical (unpaired) electrons. The summed E-state index contributed by atoms with van der Waals surface area (Å²) < 4.78 is 5.12. The molecule has 0 saturated carbocycles. The zero-order valence-electron chi connectivity index (χ0n) is 10.7. The summed E-state index contributed by atoms with van der Waals surface area (Å²) in [4.78, 5) is 26.0. The largest absolute Gasteiger partial charge is 0.456 e. The fourth-order valence-electron chi connectivity index (χ4n) is 1.32. The van der Waals surface area contributed by atoms with Crippen molar-refractivity contribution in [3.05, 3.63) is 27.9 Å². The third kappa shape index (κ3) is 3.16. The second-order valence-corrected chi connectivity index (χ2v) is 4.56. The molecule has 18 heavy (non-hydrogen) atoms. The van der Waals surface area contributed by atoms with Gasteiger partial charge in [0.1, 0.15) is 11.2 Å². The van der Waals surface area contributed by atoms with E-state index in [4.69, 9.17) is 4.74 Å². The van der Waals surface area contributed by atoms with Crippen molar-refractivity contribution in [2.45, 2.75) is 26.4 Å². The molecular formula is C11H15N3O4. The standard InChI is InChI=1S/C11H15N3O4/c1-11(2,3)18-10(15)7-5-6-13-9(12-4)8(7)14(16)17/h5-6H,1-4H3,(H,12,13). The molecule has 0 aliphatic rings. The van der Waals surface area contributed by atoms with Crippen molar-refractivity contribution < 1.29 is 14.5 Å². The first kappa shape index (κ1) is 13.9. The SMILES string of the molecule is CNc1nccc(C(=O)OC(C)(C)C)c1[N+](=O)[O-]. The highest BCUT2D eigenvalue weighted by atomic mass is 16.6. The molecular weight excluding hydrogens is 238 g/mol. The molecule has 0 fully saturated rings. The Morgan fingerprint density at radius 3 is 2.56 bits per heavy atom. The van der Waals surface area contributed by atoms with E-state index >= 15 is 0 Å². The number of carbonyl (C=O) groups is 1. The van der Waals surface area contributed by atoms with Gasteiger partial charge in [-0.25, -0.2) is 9.78 Å². The van der Waals surface area contributed by atoms with Gasteiger partial charge < -0.3 is 10.1 Å². The maximum Gasteiger partial charge on any atom is 0.345 e. The fraction of sp³-hybridized carbons (Fsp3) is 0.455. The van der Waals surface area contributed by atoms with Gasteiger partial charge in [0.25, 0.3) is 0 Å². The number of nitro groups is 1. The van der Waals surface area contributed by atoms with Crippen molar-refractivity contribution in [1.29, 1.82) is 0 Å². The van der Waals surface area contributed by atoms with Gasteiger partial charge >= 0.3 is 11.7 Å². The Morgan fingerprint density at radius 1 is 1.50 bits per heavy atom. The first-order chi connectivity index (χ1) is 8.26. The number of rotatable bonds is 3. The molecule has 1 N–H and O–H groups in total. The number of nitrogens with one attached hydrogen (secondary N) is 1. The van der Waals surface area contributed by atoms with Crippen molar-refractivity contribution in [2.75, 3.05) is 12.4 Å². The van der Waals surface area contributed by atoms with E-state index in [-0.39, 0.29) is 17.1 Å². The fourth-order valence-corrected chi connectivity index (χ4v) is 1.32. The highest BCUT2D eigenvalue weighted by Gasteiger charge is 2.28. The molecule has 0 aromatic carbocycles. The first-order valence-electron chi connectivity index (χ1n) is 5.30. The van der Waals surface area contributed by atoms with Crippen LogP contribution in [0.4, 0.5) is 11.5 Å². The Labute approximate surface area is 104 Å². The molecule has 1 aromatic heterocycles. The molecule has 0 unspecified atom stereocenters. The van der Waals surface area contributed by atoms with Gasteiger partial charge in [0.05, 0.1) is 4.92 Å². The number of pyridine rings is 1. The molecule has 7 nitrogen and oxygen atoms in total. The topological polar surface area (TPSA) is 94.4 Å². The zero-order chi connectivity index (χ0) is 13.9. The molecule has 98 valence electrons. The van der Waals surface area contributed by atoms with Crippen LogP contribution in [0.15, 0.2) is 12.3 Å². The van der Waals surface area contributed by atoms with E-state index in [1.54, 1.807) is 20.8 Å². The number of anilines is 1. The third-order valence-electron chi connectivity index (χ3n) is 1.96. The van der Waals surface area contributed by atoms with Gasteiger partial charge in [-0.3, -0.25) is 10.1 Å². The lowest BCUT2D eigenvalue weighted by Crippen LogP contribution is -2.24. The highest BCUT2D eigenvalue weighted by molar-refractivity contribution is 5.96. The number of carbonyl (C=O) groups excluding carboxylic acids is 1. The lowest BCUT2D eigenvalue weighted by atomic mass is 10.1. The lowest BCUT2D eigenvalue weighted by molar-refractivity contribution is -0.384. The minimum absolute atomic E-state index is 0.0309. The van der Waals surface area contributed by atoms with Crippen molar-refractivity contribution in [3.8, 4) is 0 Å². The van der Waals surface area contributed by atoms with Gasteiger partial charge in [-0.05, 0) is 26.8 Å². The maximum atomic E-state index is 11.9. The minimum atomic E-state index is -0.742. The number of hydrogen-bond acceptors (Lipinski definition) is 6. The molecule has 1 aromatic rings. The summed E-state index contributed by atoms with van der Waals surface area (Å²) in [7, 11) is 1.49. The van der Waals surface area contributed by atoms with E-state index in [9.17, 15) is 14.9 Å². The molecule has 0 spiro atoms. The van der Waals surface area contributed by atoms with Gasteiger partial charge in [-0.15, -0.1) is 0 Å². The van der Waals surface area contributed by atoms with Crippen LogP contribution < -0.4 is 5.32 Å².